The monoisotopic (exact) mass is 380 g/mol. The van der Waals surface area contributed by atoms with E-state index in [9.17, 15) is 9.59 Å². The number of hydrogen-bond acceptors (Lipinski definition) is 3. The van der Waals surface area contributed by atoms with E-state index in [-0.39, 0.29) is 18.4 Å². The van der Waals surface area contributed by atoms with E-state index in [0.29, 0.717) is 5.75 Å². The van der Waals surface area contributed by atoms with E-state index in [1.807, 2.05) is 18.2 Å². The van der Waals surface area contributed by atoms with Gasteiger partial charge in [-0.3, -0.25) is 9.59 Å². The SMILES string of the molecule is Cc1cccc(C2(C(=O)Nc3ccc(OCC(=O)N(C)C)cc3)CCCC2)c1. The number of nitrogens with one attached hydrogen (secondary N) is 1. The quantitative estimate of drug-likeness (QED) is 0.826. The summed E-state index contributed by atoms with van der Waals surface area (Å²) in [6, 6.07) is 15.4. The molecule has 3 rings (SSSR count). The van der Waals surface area contributed by atoms with Gasteiger partial charge in [-0.25, -0.2) is 0 Å². The number of anilines is 1. The van der Waals surface area contributed by atoms with Crippen LogP contribution in [0.25, 0.3) is 0 Å². The van der Waals surface area contributed by atoms with Gasteiger partial charge in [0.15, 0.2) is 6.61 Å². The number of nitrogens with zero attached hydrogens (tertiary/aromatic N) is 1. The second-order valence-electron chi connectivity index (χ2n) is 7.71. The first-order valence-electron chi connectivity index (χ1n) is 9.72. The van der Waals surface area contributed by atoms with Crippen LogP contribution in [0, 0.1) is 6.92 Å². The number of hydrogen-bond donors (Lipinski definition) is 1. The minimum atomic E-state index is -0.459. The molecule has 2 aromatic rings. The van der Waals surface area contributed by atoms with Crippen molar-refractivity contribution < 1.29 is 14.3 Å². The van der Waals surface area contributed by atoms with Crippen molar-refractivity contribution in [2.24, 2.45) is 0 Å². The molecule has 0 aromatic heterocycles. The Morgan fingerprint density at radius 1 is 1.07 bits per heavy atom. The molecule has 0 saturated heterocycles. The summed E-state index contributed by atoms with van der Waals surface area (Å²) in [5, 5.41) is 3.08. The Morgan fingerprint density at radius 2 is 1.75 bits per heavy atom. The van der Waals surface area contributed by atoms with Crippen LogP contribution in [0.2, 0.25) is 0 Å². The van der Waals surface area contributed by atoms with Crippen LogP contribution < -0.4 is 10.1 Å². The summed E-state index contributed by atoms with van der Waals surface area (Å²) in [5.41, 5.74) is 2.55. The van der Waals surface area contributed by atoms with Crippen LogP contribution in [0.15, 0.2) is 48.5 Å². The number of aryl methyl sites for hydroxylation is 1. The van der Waals surface area contributed by atoms with Crippen molar-refractivity contribution in [1.82, 2.24) is 4.90 Å². The molecule has 5 heteroatoms. The van der Waals surface area contributed by atoms with Crippen molar-refractivity contribution in [3.05, 3.63) is 59.7 Å². The lowest BCUT2D eigenvalue weighted by molar-refractivity contribution is -0.130. The average molecular weight is 380 g/mol. The third-order valence-electron chi connectivity index (χ3n) is 5.44. The van der Waals surface area contributed by atoms with Crippen LogP contribution in [0.4, 0.5) is 5.69 Å². The number of ether oxygens (including phenoxy) is 1. The van der Waals surface area contributed by atoms with Crippen LogP contribution in [0.5, 0.6) is 5.75 Å². The molecule has 1 saturated carbocycles. The predicted molar refractivity (Wildman–Crippen MR) is 111 cm³/mol. The molecule has 0 unspecified atom stereocenters. The first kappa shape index (κ1) is 19.9. The van der Waals surface area contributed by atoms with E-state index in [2.05, 4.69) is 30.4 Å². The summed E-state index contributed by atoms with van der Waals surface area (Å²) in [7, 11) is 3.38. The van der Waals surface area contributed by atoms with Gasteiger partial charge < -0.3 is 15.0 Å². The predicted octanol–water partition coefficient (Wildman–Crippen LogP) is 3.91. The zero-order valence-corrected chi connectivity index (χ0v) is 16.8. The van der Waals surface area contributed by atoms with Crippen molar-refractivity contribution in [3.8, 4) is 5.75 Å². The second-order valence-corrected chi connectivity index (χ2v) is 7.71. The second kappa shape index (κ2) is 8.46. The lowest BCUT2D eigenvalue weighted by Crippen LogP contribution is -2.38. The molecule has 0 radical (unpaired) electrons. The van der Waals surface area contributed by atoms with Crippen molar-refractivity contribution >= 4 is 17.5 Å². The molecular formula is C23H28N2O3. The molecule has 1 fully saturated rings. The summed E-state index contributed by atoms with van der Waals surface area (Å²) < 4.78 is 5.49. The standard InChI is InChI=1S/C23H28N2O3/c1-17-7-6-8-18(15-17)23(13-4-5-14-23)22(27)24-19-9-11-20(12-10-19)28-16-21(26)25(2)3/h6-12,15H,4-5,13-14,16H2,1-3H3,(H,24,27). The van der Waals surface area contributed by atoms with E-state index < -0.39 is 5.41 Å². The smallest absolute Gasteiger partial charge is 0.259 e. The number of carbonyl (C=O) groups is 2. The fourth-order valence-electron chi connectivity index (χ4n) is 3.73. The Hall–Kier alpha value is -2.82. The zero-order chi connectivity index (χ0) is 20.1. The molecule has 1 aliphatic carbocycles. The Labute approximate surface area is 166 Å². The van der Waals surface area contributed by atoms with Gasteiger partial charge in [-0.05, 0) is 49.6 Å². The summed E-state index contributed by atoms with van der Waals surface area (Å²) in [6.45, 7) is 2.05. The van der Waals surface area contributed by atoms with Crippen LogP contribution in [0.1, 0.15) is 36.8 Å². The molecule has 0 bridgehead atoms. The Balaban J connectivity index is 1.70. The van der Waals surface area contributed by atoms with Gasteiger partial charge in [0.2, 0.25) is 5.91 Å². The maximum Gasteiger partial charge on any atom is 0.259 e. The molecule has 5 nitrogen and oxygen atoms in total. The van der Waals surface area contributed by atoms with Gasteiger partial charge >= 0.3 is 0 Å². The fraction of sp³-hybridized carbons (Fsp3) is 0.391. The van der Waals surface area contributed by atoms with Crippen molar-refractivity contribution in [2.45, 2.75) is 38.0 Å². The summed E-state index contributed by atoms with van der Waals surface area (Å²) >= 11 is 0. The molecule has 148 valence electrons. The van der Waals surface area contributed by atoms with E-state index in [4.69, 9.17) is 4.74 Å². The number of benzene rings is 2. The highest BCUT2D eigenvalue weighted by atomic mass is 16.5. The van der Waals surface area contributed by atoms with Crippen molar-refractivity contribution in [2.75, 3.05) is 26.0 Å². The van der Waals surface area contributed by atoms with Gasteiger partial charge in [-0.1, -0.05) is 42.7 Å². The highest BCUT2D eigenvalue weighted by Crippen LogP contribution is 2.42. The third-order valence-corrected chi connectivity index (χ3v) is 5.44. The Kier molecular flexibility index (Phi) is 6.02. The van der Waals surface area contributed by atoms with Crippen molar-refractivity contribution in [1.29, 1.82) is 0 Å². The van der Waals surface area contributed by atoms with E-state index >= 15 is 0 Å². The van der Waals surface area contributed by atoms with E-state index in [1.165, 1.54) is 10.5 Å². The minimum Gasteiger partial charge on any atom is -0.484 e. The average Bonchev–Trinajstić information content (AvgIpc) is 3.18. The minimum absolute atomic E-state index is 0.00479. The van der Waals surface area contributed by atoms with E-state index in [0.717, 1.165) is 36.9 Å². The van der Waals surface area contributed by atoms with Gasteiger partial charge in [-0.2, -0.15) is 0 Å². The third kappa shape index (κ3) is 4.35. The molecule has 0 aliphatic heterocycles. The topological polar surface area (TPSA) is 58.6 Å². The first-order valence-corrected chi connectivity index (χ1v) is 9.72. The van der Waals surface area contributed by atoms with Crippen LogP contribution in [-0.4, -0.2) is 37.4 Å². The van der Waals surface area contributed by atoms with Crippen LogP contribution in [0.3, 0.4) is 0 Å². The maximum absolute atomic E-state index is 13.2. The van der Waals surface area contributed by atoms with E-state index in [1.54, 1.807) is 26.2 Å². The number of carbonyl (C=O) groups excluding carboxylic acids is 2. The Bertz CT molecular complexity index is 837. The molecule has 1 N–H and O–H groups in total. The summed E-state index contributed by atoms with van der Waals surface area (Å²) in [6.07, 6.45) is 3.87. The Morgan fingerprint density at radius 3 is 2.36 bits per heavy atom. The highest BCUT2D eigenvalue weighted by Gasteiger charge is 2.42. The lowest BCUT2D eigenvalue weighted by Gasteiger charge is -2.28. The molecule has 2 amide bonds. The molecule has 0 atom stereocenters. The number of amides is 2. The first-order chi connectivity index (χ1) is 13.4. The summed E-state index contributed by atoms with van der Waals surface area (Å²) in [4.78, 5) is 26.3. The summed E-state index contributed by atoms with van der Waals surface area (Å²) in [5.74, 6) is 0.549. The zero-order valence-electron chi connectivity index (χ0n) is 16.8. The van der Waals surface area contributed by atoms with Crippen LogP contribution >= 0.6 is 0 Å². The van der Waals surface area contributed by atoms with Gasteiger partial charge in [0, 0.05) is 19.8 Å². The maximum atomic E-state index is 13.2. The van der Waals surface area contributed by atoms with Crippen molar-refractivity contribution in [3.63, 3.8) is 0 Å². The molecule has 0 spiro atoms. The number of rotatable bonds is 6. The normalized spacial score (nSPS) is 15.1. The van der Waals surface area contributed by atoms with Gasteiger partial charge in [-0.15, -0.1) is 0 Å². The molecule has 1 aliphatic rings. The lowest BCUT2D eigenvalue weighted by atomic mass is 9.77. The molecule has 28 heavy (non-hydrogen) atoms. The van der Waals surface area contributed by atoms with Gasteiger partial charge in [0.05, 0.1) is 5.41 Å². The highest BCUT2D eigenvalue weighted by molar-refractivity contribution is 5.99. The largest absolute Gasteiger partial charge is 0.484 e. The molecule has 2 aromatic carbocycles. The molecular weight excluding hydrogens is 352 g/mol. The number of likely N-dealkylation sites (N-methyl/N-ethyl adjacent to an activating group) is 1. The molecule has 0 heterocycles. The van der Waals surface area contributed by atoms with Gasteiger partial charge in [0.25, 0.3) is 5.91 Å². The van der Waals surface area contributed by atoms with Crippen LogP contribution in [-0.2, 0) is 15.0 Å². The fourth-order valence-corrected chi connectivity index (χ4v) is 3.73. The van der Waals surface area contributed by atoms with Gasteiger partial charge in [0.1, 0.15) is 5.75 Å².